The predicted molar refractivity (Wildman–Crippen MR) is 93.6 cm³/mol. The smallest absolute Gasteiger partial charge is 0.241 e. The van der Waals surface area contributed by atoms with Crippen LogP contribution in [0.2, 0.25) is 0 Å². The second kappa shape index (κ2) is 8.76. The van der Waals surface area contributed by atoms with Gasteiger partial charge in [0.05, 0.1) is 26.5 Å². The summed E-state index contributed by atoms with van der Waals surface area (Å²) in [7, 11) is 4.99. The first-order valence-electron chi connectivity index (χ1n) is 7.73. The van der Waals surface area contributed by atoms with Crippen molar-refractivity contribution in [3.05, 3.63) is 48.3 Å². The first kappa shape index (κ1) is 17.6. The highest BCUT2D eigenvalue weighted by Gasteiger charge is 2.11. The number of hydrogen-bond donors (Lipinski definition) is 1. The van der Waals surface area contributed by atoms with Crippen molar-refractivity contribution in [2.75, 3.05) is 39.7 Å². The number of methoxy groups -OCH3 is 2. The van der Waals surface area contributed by atoms with Crippen LogP contribution in [0, 0.1) is 0 Å². The Labute approximate surface area is 142 Å². The molecule has 0 fully saturated rings. The molecule has 2 rings (SSSR count). The number of ether oxygens (including phenoxy) is 2. The SMILES string of the molecule is COc1ccc(OC)c(NCC(=O)N(C)CCc2ccncc2)c1. The highest BCUT2D eigenvalue weighted by molar-refractivity contribution is 5.81. The Bertz CT molecular complexity index is 662. The fraction of sp³-hybridized carbons (Fsp3) is 0.333. The normalized spacial score (nSPS) is 10.1. The maximum absolute atomic E-state index is 12.3. The molecular weight excluding hydrogens is 306 g/mol. The molecule has 6 heteroatoms. The van der Waals surface area contributed by atoms with E-state index in [0.717, 1.165) is 17.7 Å². The van der Waals surface area contributed by atoms with Crippen LogP contribution in [-0.4, -0.2) is 50.1 Å². The zero-order chi connectivity index (χ0) is 17.4. The number of hydrogen-bond acceptors (Lipinski definition) is 5. The van der Waals surface area contributed by atoms with E-state index in [9.17, 15) is 4.79 Å². The topological polar surface area (TPSA) is 63.7 Å². The van der Waals surface area contributed by atoms with E-state index in [0.29, 0.717) is 18.0 Å². The number of nitrogens with one attached hydrogen (secondary N) is 1. The third-order valence-corrected chi connectivity index (χ3v) is 3.75. The molecule has 1 amide bonds. The number of benzene rings is 1. The van der Waals surface area contributed by atoms with Crippen LogP contribution in [0.25, 0.3) is 0 Å². The maximum atomic E-state index is 12.3. The molecule has 0 atom stereocenters. The standard InChI is InChI=1S/C18H23N3O3/c1-21(11-8-14-6-9-19-10-7-14)18(22)13-20-16-12-15(23-2)4-5-17(16)24-3/h4-7,9-10,12,20H,8,11,13H2,1-3H3. The molecule has 0 radical (unpaired) electrons. The molecule has 128 valence electrons. The summed E-state index contributed by atoms with van der Waals surface area (Å²) in [5.41, 5.74) is 1.89. The fourth-order valence-electron chi connectivity index (χ4n) is 2.23. The van der Waals surface area contributed by atoms with Crippen LogP contribution in [0.3, 0.4) is 0 Å². The lowest BCUT2D eigenvalue weighted by Crippen LogP contribution is -2.33. The molecule has 1 N–H and O–H groups in total. The van der Waals surface area contributed by atoms with Gasteiger partial charge in [-0.25, -0.2) is 0 Å². The van der Waals surface area contributed by atoms with E-state index in [1.54, 1.807) is 44.6 Å². The van der Waals surface area contributed by atoms with Crippen LogP contribution in [0.5, 0.6) is 11.5 Å². The molecular formula is C18H23N3O3. The maximum Gasteiger partial charge on any atom is 0.241 e. The largest absolute Gasteiger partial charge is 0.497 e. The van der Waals surface area contributed by atoms with Crippen LogP contribution in [-0.2, 0) is 11.2 Å². The number of carbonyl (C=O) groups excluding carboxylic acids is 1. The Morgan fingerprint density at radius 2 is 1.92 bits per heavy atom. The van der Waals surface area contributed by atoms with Crippen molar-refractivity contribution < 1.29 is 14.3 Å². The van der Waals surface area contributed by atoms with E-state index >= 15 is 0 Å². The van der Waals surface area contributed by atoms with Crippen molar-refractivity contribution in [2.24, 2.45) is 0 Å². The molecule has 24 heavy (non-hydrogen) atoms. The zero-order valence-corrected chi connectivity index (χ0v) is 14.3. The van der Waals surface area contributed by atoms with Crippen LogP contribution in [0.15, 0.2) is 42.7 Å². The summed E-state index contributed by atoms with van der Waals surface area (Å²) in [6.45, 7) is 0.843. The number of nitrogens with zero attached hydrogens (tertiary/aromatic N) is 2. The van der Waals surface area contributed by atoms with Gasteiger partial charge in [-0.05, 0) is 36.2 Å². The number of likely N-dealkylation sites (N-methyl/N-ethyl adjacent to an activating group) is 1. The quantitative estimate of drug-likeness (QED) is 0.804. The highest BCUT2D eigenvalue weighted by Crippen LogP contribution is 2.28. The molecule has 0 aliphatic heterocycles. The first-order valence-corrected chi connectivity index (χ1v) is 7.73. The molecule has 1 aromatic heterocycles. The summed E-state index contributed by atoms with van der Waals surface area (Å²) >= 11 is 0. The number of carbonyl (C=O) groups is 1. The molecule has 2 aromatic rings. The highest BCUT2D eigenvalue weighted by atomic mass is 16.5. The van der Waals surface area contributed by atoms with Gasteiger partial charge in [0.25, 0.3) is 0 Å². The predicted octanol–water partition coefficient (Wildman–Crippen LogP) is 2.21. The average Bonchev–Trinajstić information content (AvgIpc) is 2.64. The summed E-state index contributed by atoms with van der Waals surface area (Å²) in [6, 6.07) is 9.34. The van der Waals surface area contributed by atoms with Gasteiger partial charge in [-0.2, -0.15) is 0 Å². The van der Waals surface area contributed by atoms with Gasteiger partial charge in [0.15, 0.2) is 0 Å². The second-order valence-corrected chi connectivity index (χ2v) is 5.34. The van der Waals surface area contributed by atoms with Crippen LogP contribution < -0.4 is 14.8 Å². The van der Waals surface area contributed by atoms with E-state index in [1.165, 1.54) is 0 Å². The van der Waals surface area contributed by atoms with Crippen LogP contribution in [0.4, 0.5) is 5.69 Å². The van der Waals surface area contributed by atoms with Gasteiger partial charge in [0.2, 0.25) is 5.91 Å². The van der Waals surface area contributed by atoms with Gasteiger partial charge >= 0.3 is 0 Å². The second-order valence-electron chi connectivity index (χ2n) is 5.34. The fourth-order valence-corrected chi connectivity index (χ4v) is 2.23. The lowest BCUT2D eigenvalue weighted by Gasteiger charge is -2.19. The van der Waals surface area contributed by atoms with Gasteiger partial charge in [0, 0.05) is 32.1 Å². The Balaban J connectivity index is 1.88. The molecule has 0 saturated heterocycles. The minimum atomic E-state index is 0.00827. The third kappa shape index (κ3) is 4.87. The lowest BCUT2D eigenvalue weighted by atomic mass is 10.2. The monoisotopic (exact) mass is 329 g/mol. The number of rotatable bonds is 8. The van der Waals surface area contributed by atoms with E-state index in [1.807, 2.05) is 24.3 Å². The molecule has 0 spiro atoms. The van der Waals surface area contributed by atoms with E-state index < -0.39 is 0 Å². The van der Waals surface area contributed by atoms with Crippen molar-refractivity contribution in [2.45, 2.75) is 6.42 Å². The third-order valence-electron chi connectivity index (χ3n) is 3.75. The first-order chi connectivity index (χ1) is 11.6. The summed E-state index contributed by atoms with van der Waals surface area (Å²) in [6.07, 6.45) is 4.31. The molecule has 1 heterocycles. The van der Waals surface area contributed by atoms with Gasteiger partial charge in [-0.3, -0.25) is 9.78 Å². The molecule has 1 aromatic carbocycles. The van der Waals surface area contributed by atoms with Gasteiger partial charge in [0.1, 0.15) is 11.5 Å². The average molecular weight is 329 g/mol. The van der Waals surface area contributed by atoms with Gasteiger partial charge < -0.3 is 19.7 Å². The molecule has 6 nitrogen and oxygen atoms in total. The van der Waals surface area contributed by atoms with Crippen molar-refractivity contribution in [3.63, 3.8) is 0 Å². The Morgan fingerprint density at radius 3 is 2.58 bits per heavy atom. The molecule has 0 aliphatic carbocycles. The Hall–Kier alpha value is -2.76. The number of aromatic nitrogens is 1. The number of anilines is 1. The Morgan fingerprint density at radius 1 is 1.17 bits per heavy atom. The van der Waals surface area contributed by atoms with E-state index in [4.69, 9.17) is 9.47 Å². The Kier molecular flexibility index (Phi) is 6.42. The van der Waals surface area contributed by atoms with Crippen molar-refractivity contribution >= 4 is 11.6 Å². The van der Waals surface area contributed by atoms with Crippen molar-refractivity contribution in [3.8, 4) is 11.5 Å². The summed E-state index contributed by atoms with van der Waals surface area (Å²) in [5, 5.41) is 3.11. The lowest BCUT2D eigenvalue weighted by molar-refractivity contribution is -0.127. The zero-order valence-electron chi connectivity index (χ0n) is 14.3. The summed E-state index contributed by atoms with van der Waals surface area (Å²) < 4.78 is 10.5. The molecule has 0 aliphatic rings. The number of amides is 1. The van der Waals surface area contributed by atoms with E-state index in [2.05, 4.69) is 10.3 Å². The number of pyridine rings is 1. The van der Waals surface area contributed by atoms with Crippen molar-refractivity contribution in [1.82, 2.24) is 9.88 Å². The van der Waals surface area contributed by atoms with Crippen molar-refractivity contribution in [1.29, 1.82) is 0 Å². The molecule has 0 saturated carbocycles. The summed E-state index contributed by atoms with van der Waals surface area (Å²) in [5.74, 6) is 1.38. The molecule has 0 bridgehead atoms. The van der Waals surface area contributed by atoms with Crippen LogP contribution in [0.1, 0.15) is 5.56 Å². The molecule has 0 unspecified atom stereocenters. The van der Waals surface area contributed by atoms with E-state index in [-0.39, 0.29) is 12.5 Å². The van der Waals surface area contributed by atoms with Gasteiger partial charge in [-0.1, -0.05) is 0 Å². The summed E-state index contributed by atoms with van der Waals surface area (Å²) in [4.78, 5) is 18.0. The minimum Gasteiger partial charge on any atom is -0.497 e. The van der Waals surface area contributed by atoms with Crippen LogP contribution >= 0.6 is 0 Å². The minimum absolute atomic E-state index is 0.00827. The van der Waals surface area contributed by atoms with Gasteiger partial charge in [-0.15, -0.1) is 0 Å².